The maximum Gasteiger partial charge on any atom is 0.256 e. The summed E-state index contributed by atoms with van der Waals surface area (Å²) in [4.78, 5) is 9.33. The second-order valence-electron chi connectivity index (χ2n) is 5.45. The zero-order valence-electron chi connectivity index (χ0n) is 12.6. The summed E-state index contributed by atoms with van der Waals surface area (Å²) in [6, 6.07) is 9.26. The van der Waals surface area contributed by atoms with Crippen LogP contribution >= 0.6 is 0 Å². The standard InChI is InChI=1S/C16H18N2O6/c19-8-12-13(20)14(21)15(22)16(23-12)24-18-7-9-5-6-17-11-4-2-1-3-10(9)11/h1-7,12-16,19-22H,8H2/b18-7+/t12?,13?,14-,15?,16-/m0/s1. The summed E-state index contributed by atoms with van der Waals surface area (Å²) >= 11 is 0. The zero-order chi connectivity index (χ0) is 17.1. The quantitative estimate of drug-likeness (QED) is 0.434. The third-order valence-corrected chi connectivity index (χ3v) is 3.89. The molecular formula is C16H18N2O6. The number of hydrogen-bond acceptors (Lipinski definition) is 8. The predicted octanol–water partition coefficient (Wildman–Crippen LogP) is -0.615. The van der Waals surface area contributed by atoms with E-state index in [2.05, 4.69) is 10.1 Å². The fraction of sp³-hybridized carbons (Fsp3) is 0.375. The minimum absolute atomic E-state index is 0.524. The maximum atomic E-state index is 9.86. The molecule has 24 heavy (non-hydrogen) atoms. The van der Waals surface area contributed by atoms with E-state index >= 15 is 0 Å². The summed E-state index contributed by atoms with van der Waals surface area (Å²) in [7, 11) is 0. The van der Waals surface area contributed by atoms with E-state index < -0.39 is 37.3 Å². The molecular weight excluding hydrogens is 316 g/mol. The Bertz CT molecular complexity index is 717. The SMILES string of the molecule is OCC1O[C@@H](O/N=C/c2ccnc3ccccc23)C(O)[C@@H](O)C1O. The molecule has 0 saturated carbocycles. The van der Waals surface area contributed by atoms with E-state index in [0.717, 1.165) is 16.5 Å². The van der Waals surface area contributed by atoms with Crippen LogP contribution in [-0.4, -0.2) is 68.9 Å². The second-order valence-corrected chi connectivity index (χ2v) is 5.45. The molecule has 5 atom stereocenters. The number of hydrogen-bond donors (Lipinski definition) is 4. The number of para-hydroxylation sites is 1. The van der Waals surface area contributed by atoms with Crippen LogP contribution in [0.1, 0.15) is 5.56 Å². The van der Waals surface area contributed by atoms with Crippen molar-refractivity contribution in [2.45, 2.75) is 30.7 Å². The van der Waals surface area contributed by atoms with Gasteiger partial charge in [0.15, 0.2) is 0 Å². The number of fused-ring (bicyclic) bond motifs is 1. The monoisotopic (exact) mass is 334 g/mol. The Balaban J connectivity index is 1.73. The van der Waals surface area contributed by atoms with Gasteiger partial charge in [-0.05, 0) is 12.1 Å². The number of benzene rings is 1. The van der Waals surface area contributed by atoms with Crippen LogP contribution in [-0.2, 0) is 9.57 Å². The number of aromatic nitrogens is 1. The van der Waals surface area contributed by atoms with E-state index in [1.165, 1.54) is 6.21 Å². The molecule has 1 fully saturated rings. The Morgan fingerprint density at radius 1 is 1.12 bits per heavy atom. The van der Waals surface area contributed by atoms with E-state index in [1.54, 1.807) is 12.3 Å². The van der Waals surface area contributed by atoms with Crippen molar-refractivity contribution < 1.29 is 30.0 Å². The number of nitrogens with zero attached hydrogens (tertiary/aromatic N) is 2. The van der Waals surface area contributed by atoms with Crippen LogP contribution in [0.4, 0.5) is 0 Å². The highest BCUT2D eigenvalue weighted by Gasteiger charge is 2.44. The molecule has 0 amide bonds. The smallest absolute Gasteiger partial charge is 0.256 e. The first-order valence-electron chi connectivity index (χ1n) is 7.45. The van der Waals surface area contributed by atoms with Crippen LogP contribution in [0.5, 0.6) is 0 Å². The lowest BCUT2D eigenvalue weighted by molar-refractivity contribution is -0.301. The lowest BCUT2D eigenvalue weighted by Gasteiger charge is -2.38. The highest BCUT2D eigenvalue weighted by atomic mass is 16.8. The number of aliphatic hydroxyl groups is 4. The van der Waals surface area contributed by atoms with E-state index in [1.807, 2.05) is 24.3 Å². The number of pyridine rings is 1. The van der Waals surface area contributed by atoms with Crippen LogP contribution in [0, 0.1) is 0 Å². The van der Waals surface area contributed by atoms with Gasteiger partial charge in [-0.25, -0.2) is 0 Å². The van der Waals surface area contributed by atoms with Crippen LogP contribution in [0.2, 0.25) is 0 Å². The van der Waals surface area contributed by atoms with Crippen molar-refractivity contribution in [2.24, 2.45) is 5.16 Å². The Labute approximate surface area is 137 Å². The molecule has 1 aliphatic rings. The Kier molecular flexibility index (Phi) is 5.03. The Hall–Kier alpha value is -2.10. The van der Waals surface area contributed by atoms with E-state index in [-0.39, 0.29) is 0 Å². The Morgan fingerprint density at radius 3 is 2.71 bits per heavy atom. The molecule has 0 bridgehead atoms. The average molecular weight is 334 g/mol. The van der Waals surface area contributed by atoms with Gasteiger partial charge in [0.2, 0.25) is 0 Å². The molecule has 1 aliphatic heterocycles. The van der Waals surface area contributed by atoms with Crippen molar-refractivity contribution in [1.82, 2.24) is 4.98 Å². The minimum Gasteiger partial charge on any atom is -0.394 e. The van der Waals surface area contributed by atoms with Gasteiger partial charge in [-0.2, -0.15) is 0 Å². The number of rotatable bonds is 4. The molecule has 4 N–H and O–H groups in total. The largest absolute Gasteiger partial charge is 0.394 e. The van der Waals surface area contributed by atoms with Crippen molar-refractivity contribution in [3.8, 4) is 0 Å². The maximum absolute atomic E-state index is 9.86. The molecule has 3 unspecified atom stereocenters. The molecule has 8 heteroatoms. The highest BCUT2D eigenvalue weighted by molar-refractivity contribution is 5.97. The molecule has 128 valence electrons. The summed E-state index contributed by atoms with van der Waals surface area (Å²) in [5, 5.41) is 43.0. The molecule has 0 aliphatic carbocycles. The van der Waals surface area contributed by atoms with Gasteiger partial charge in [-0.3, -0.25) is 4.98 Å². The van der Waals surface area contributed by atoms with Crippen molar-refractivity contribution >= 4 is 17.1 Å². The van der Waals surface area contributed by atoms with Crippen molar-refractivity contribution in [2.75, 3.05) is 6.61 Å². The molecule has 0 spiro atoms. The second kappa shape index (κ2) is 7.20. The normalized spacial score (nSPS) is 30.8. The fourth-order valence-corrected chi connectivity index (χ4v) is 2.53. The van der Waals surface area contributed by atoms with Gasteiger partial charge in [0.25, 0.3) is 6.29 Å². The summed E-state index contributed by atoms with van der Waals surface area (Å²) in [6.45, 7) is -0.524. The van der Waals surface area contributed by atoms with Crippen LogP contribution in [0.3, 0.4) is 0 Å². The molecule has 2 aromatic rings. The third kappa shape index (κ3) is 3.23. The first-order chi connectivity index (χ1) is 11.6. The zero-order valence-corrected chi connectivity index (χ0v) is 12.6. The molecule has 3 rings (SSSR count). The number of oxime groups is 1. The molecule has 1 aromatic heterocycles. The van der Waals surface area contributed by atoms with Crippen LogP contribution in [0.25, 0.3) is 10.9 Å². The van der Waals surface area contributed by atoms with Gasteiger partial charge < -0.3 is 30.0 Å². The van der Waals surface area contributed by atoms with Gasteiger partial charge in [-0.15, -0.1) is 0 Å². The Morgan fingerprint density at radius 2 is 1.92 bits per heavy atom. The van der Waals surface area contributed by atoms with Crippen molar-refractivity contribution in [1.29, 1.82) is 0 Å². The van der Waals surface area contributed by atoms with Gasteiger partial charge in [0.1, 0.15) is 24.4 Å². The van der Waals surface area contributed by atoms with E-state index in [4.69, 9.17) is 14.7 Å². The first kappa shape index (κ1) is 16.7. The molecule has 1 aromatic carbocycles. The van der Waals surface area contributed by atoms with Crippen molar-refractivity contribution in [3.63, 3.8) is 0 Å². The number of ether oxygens (including phenoxy) is 1. The molecule has 2 heterocycles. The van der Waals surface area contributed by atoms with E-state index in [9.17, 15) is 15.3 Å². The third-order valence-electron chi connectivity index (χ3n) is 3.89. The van der Waals surface area contributed by atoms with Gasteiger partial charge in [0, 0.05) is 17.1 Å². The lowest BCUT2D eigenvalue weighted by atomic mass is 9.99. The summed E-state index contributed by atoms with van der Waals surface area (Å²) < 4.78 is 5.20. The van der Waals surface area contributed by atoms with Gasteiger partial charge in [0.05, 0.1) is 18.3 Å². The number of aliphatic hydroxyl groups excluding tert-OH is 4. The molecule has 0 radical (unpaired) electrons. The summed E-state index contributed by atoms with van der Waals surface area (Å²) in [5.74, 6) is 0. The van der Waals surface area contributed by atoms with Gasteiger partial charge in [-0.1, -0.05) is 23.4 Å². The highest BCUT2D eigenvalue weighted by Crippen LogP contribution is 2.22. The first-order valence-corrected chi connectivity index (χ1v) is 7.45. The molecule has 8 nitrogen and oxygen atoms in total. The minimum atomic E-state index is -1.50. The van der Waals surface area contributed by atoms with E-state index in [0.29, 0.717) is 0 Å². The van der Waals surface area contributed by atoms with Gasteiger partial charge >= 0.3 is 0 Å². The topological polar surface area (TPSA) is 125 Å². The summed E-state index contributed by atoms with van der Waals surface area (Å²) in [5.41, 5.74) is 1.56. The molecule has 1 saturated heterocycles. The van der Waals surface area contributed by atoms with Crippen LogP contribution in [0.15, 0.2) is 41.7 Å². The van der Waals surface area contributed by atoms with Crippen LogP contribution < -0.4 is 0 Å². The summed E-state index contributed by atoms with van der Waals surface area (Å²) in [6.07, 6.45) is -3.69. The predicted molar refractivity (Wildman–Crippen MR) is 84.2 cm³/mol. The average Bonchev–Trinajstić information content (AvgIpc) is 2.62. The fourth-order valence-electron chi connectivity index (χ4n) is 2.53. The lowest BCUT2D eigenvalue weighted by Crippen LogP contribution is -2.58. The van der Waals surface area contributed by atoms with Crippen molar-refractivity contribution in [3.05, 3.63) is 42.1 Å².